The molecule has 2 heterocycles. The topological polar surface area (TPSA) is 71.8 Å². The predicted molar refractivity (Wildman–Crippen MR) is 116 cm³/mol. The normalized spacial score (nSPS) is 12.4. The minimum absolute atomic E-state index is 0.0497. The van der Waals surface area contributed by atoms with Crippen molar-refractivity contribution in [3.05, 3.63) is 77.4 Å². The minimum atomic E-state index is -0.193. The molecule has 6 nitrogen and oxygen atoms in total. The molecule has 1 atom stereocenters. The number of anilines is 1. The van der Waals surface area contributed by atoms with Gasteiger partial charge in [0.1, 0.15) is 5.69 Å². The van der Waals surface area contributed by atoms with Crippen LogP contribution in [0.2, 0.25) is 0 Å². The molecule has 0 radical (unpaired) electrons. The Hall–Kier alpha value is -3.15. The van der Waals surface area contributed by atoms with Crippen LogP contribution in [-0.2, 0) is 12.1 Å². The molecule has 152 valence electrons. The molecule has 3 rings (SSSR count). The first-order valence-electron chi connectivity index (χ1n) is 9.85. The maximum Gasteiger partial charge on any atom is 0.270 e. The van der Waals surface area contributed by atoms with Gasteiger partial charge in [-0.1, -0.05) is 30.3 Å². The molecular formula is C23H29N5O. The Morgan fingerprint density at radius 3 is 2.55 bits per heavy atom. The average molecular weight is 392 g/mol. The van der Waals surface area contributed by atoms with Crippen LogP contribution in [0.25, 0.3) is 0 Å². The number of benzene rings is 1. The van der Waals surface area contributed by atoms with E-state index in [0.29, 0.717) is 12.2 Å². The van der Waals surface area contributed by atoms with Gasteiger partial charge in [0.2, 0.25) is 0 Å². The summed E-state index contributed by atoms with van der Waals surface area (Å²) in [6.45, 7) is 11.0. The zero-order valence-electron chi connectivity index (χ0n) is 17.7. The lowest BCUT2D eigenvalue weighted by atomic mass is 10.1. The van der Waals surface area contributed by atoms with Crippen molar-refractivity contribution in [3.63, 3.8) is 0 Å². The highest BCUT2D eigenvalue weighted by Crippen LogP contribution is 2.24. The van der Waals surface area contributed by atoms with Gasteiger partial charge in [-0.3, -0.25) is 14.5 Å². The molecule has 0 aliphatic rings. The van der Waals surface area contributed by atoms with Crippen LogP contribution in [0.3, 0.4) is 0 Å². The van der Waals surface area contributed by atoms with Crippen molar-refractivity contribution in [2.75, 3.05) is 5.32 Å². The molecule has 1 amide bonds. The number of pyridine rings is 1. The summed E-state index contributed by atoms with van der Waals surface area (Å²) >= 11 is 0. The molecule has 2 aromatic heterocycles. The van der Waals surface area contributed by atoms with E-state index in [-0.39, 0.29) is 17.5 Å². The van der Waals surface area contributed by atoms with E-state index in [0.717, 1.165) is 22.5 Å². The molecular weight excluding hydrogens is 362 g/mol. The molecule has 6 heteroatoms. The number of hydrogen-bond acceptors (Lipinski definition) is 4. The number of amides is 1. The van der Waals surface area contributed by atoms with Crippen LogP contribution in [-0.4, -0.2) is 20.7 Å². The van der Waals surface area contributed by atoms with Crippen LogP contribution >= 0.6 is 0 Å². The lowest BCUT2D eigenvalue weighted by molar-refractivity contribution is 0.0946. The summed E-state index contributed by atoms with van der Waals surface area (Å²) in [7, 11) is 0. The van der Waals surface area contributed by atoms with Crippen LogP contribution in [0, 0.1) is 6.92 Å². The highest BCUT2D eigenvalue weighted by Gasteiger charge is 2.19. The molecule has 1 unspecified atom stereocenters. The lowest BCUT2D eigenvalue weighted by Crippen LogP contribution is -2.24. The van der Waals surface area contributed by atoms with Gasteiger partial charge in [-0.05, 0) is 52.3 Å². The number of rotatable bonds is 6. The first kappa shape index (κ1) is 20.6. The van der Waals surface area contributed by atoms with Gasteiger partial charge in [-0.2, -0.15) is 5.10 Å². The third kappa shape index (κ3) is 5.22. The van der Waals surface area contributed by atoms with Gasteiger partial charge in [-0.15, -0.1) is 0 Å². The Morgan fingerprint density at radius 2 is 1.90 bits per heavy atom. The number of nitrogens with zero attached hydrogens (tertiary/aromatic N) is 3. The number of hydrogen-bond donors (Lipinski definition) is 2. The number of carbonyl (C=O) groups excluding carboxylic acids is 1. The second-order valence-electron chi connectivity index (χ2n) is 8.25. The van der Waals surface area contributed by atoms with Crippen molar-refractivity contribution in [2.45, 2.75) is 52.7 Å². The fraction of sp³-hybridized carbons (Fsp3) is 0.348. The zero-order chi connectivity index (χ0) is 21.0. The molecule has 3 aromatic rings. The number of aromatic nitrogens is 3. The van der Waals surface area contributed by atoms with E-state index in [4.69, 9.17) is 0 Å². The second-order valence-corrected chi connectivity index (χ2v) is 8.25. The number of carbonyl (C=O) groups is 1. The van der Waals surface area contributed by atoms with Gasteiger partial charge in [-0.25, -0.2) is 0 Å². The quantitative estimate of drug-likeness (QED) is 0.651. The maximum atomic E-state index is 12.5. The van der Waals surface area contributed by atoms with Crippen LogP contribution in [0.1, 0.15) is 61.0 Å². The van der Waals surface area contributed by atoms with Crippen LogP contribution in [0.5, 0.6) is 0 Å². The predicted octanol–water partition coefficient (Wildman–Crippen LogP) is 4.44. The van der Waals surface area contributed by atoms with Crippen molar-refractivity contribution in [3.8, 4) is 0 Å². The summed E-state index contributed by atoms with van der Waals surface area (Å²) in [5.74, 6) is -0.193. The smallest absolute Gasteiger partial charge is 0.270 e. The van der Waals surface area contributed by atoms with Crippen molar-refractivity contribution in [2.24, 2.45) is 0 Å². The van der Waals surface area contributed by atoms with E-state index >= 15 is 0 Å². The Kier molecular flexibility index (Phi) is 6.01. The molecule has 0 aliphatic heterocycles. The molecule has 0 bridgehead atoms. The van der Waals surface area contributed by atoms with Crippen LogP contribution in [0.4, 0.5) is 5.69 Å². The van der Waals surface area contributed by atoms with E-state index in [2.05, 4.69) is 54.6 Å². The van der Waals surface area contributed by atoms with Gasteiger partial charge in [0.05, 0.1) is 17.3 Å². The van der Waals surface area contributed by atoms with Crippen molar-refractivity contribution < 1.29 is 4.79 Å². The minimum Gasteiger partial charge on any atom is -0.378 e. The fourth-order valence-corrected chi connectivity index (χ4v) is 3.08. The molecule has 0 spiro atoms. The summed E-state index contributed by atoms with van der Waals surface area (Å²) in [6.07, 6.45) is 3.74. The second kappa shape index (κ2) is 8.47. The molecule has 0 aliphatic carbocycles. The monoisotopic (exact) mass is 391 g/mol. The van der Waals surface area contributed by atoms with E-state index < -0.39 is 0 Å². The molecule has 0 saturated heterocycles. The number of aryl methyl sites for hydroxylation is 1. The van der Waals surface area contributed by atoms with E-state index in [9.17, 15) is 4.79 Å². The highest BCUT2D eigenvalue weighted by molar-refractivity contribution is 5.93. The number of nitrogens with one attached hydrogen (secondary N) is 2. The van der Waals surface area contributed by atoms with Gasteiger partial charge in [0.25, 0.3) is 5.91 Å². The first-order valence-corrected chi connectivity index (χ1v) is 9.85. The van der Waals surface area contributed by atoms with Crippen molar-refractivity contribution in [1.29, 1.82) is 0 Å². The van der Waals surface area contributed by atoms with Crippen molar-refractivity contribution >= 4 is 11.6 Å². The van der Waals surface area contributed by atoms with Gasteiger partial charge < -0.3 is 10.6 Å². The summed E-state index contributed by atoms with van der Waals surface area (Å²) in [5, 5.41) is 11.0. The highest BCUT2D eigenvalue weighted by atomic mass is 16.1. The summed E-state index contributed by atoms with van der Waals surface area (Å²) in [5.41, 5.74) is 4.35. The third-order valence-corrected chi connectivity index (χ3v) is 4.76. The molecule has 29 heavy (non-hydrogen) atoms. The largest absolute Gasteiger partial charge is 0.378 e. The SMILES string of the molecule is Cc1nn(C(C)(C)C)cc1C(C)Nc1ccnc(C(=O)NCc2ccccc2)c1. The standard InChI is InChI=1S/C23H29N5O/c1-16(20-15-28(23(3,4)5)27-17(20)2)26-19-11-12-24-21(13-19)22(29)25-14-18-9-7-6-8-10-18/h6-13,15-16H,14H2,1-5H3,(H,24,26)(H,25,29). The first-order chi connectivity index (χ1) is 13.7. The average Bonchev–Trinajstić information content (AvgIpc) is 3.09. The Morgan fingerprint density at radius 1 is 1.17 bits per heavy atom. The van der Waals surface area contributed by atoms with E-state index in [1.807, 2.05) is 48.0 Å². The molecule has 2 N–H and O–H groups in total. The van der Waals surface area contributed by atoms with E-state index in [1.54, 1.807) is 12.3 Å². The molecule has 0 fully saturated rings. The van der Waals surface area contributed by atoms with E-state index in [1.165, 1.54) is 0 Å². The maximum absolute atomic E-state index is 12.5. The Bertz CT molecular complexity index is 972. The van der Waals surface area contributed by atoms with Crippen molar-refractivity contribution in [1.82, 2.24) is 20.1 Å². The summed E-state index contributed by atoms with van der Waals surface area (Å²) < 4.78 is 1.99. The van der Waals surface area contributed by atoms with Crippen LogP contribution in [0.15, 0.2) is 54.9 Å². The Labute approximate surface area is 172 Å². The summed E-state index contributed by atoms with van der Waals surface area (Å²) in [6, 6.07) is 13.5. The third-order valence-electron chi connectivity index (χ3n) is 4.76. The molecule has 1 aromatic carbocycles. The Balaban J connectivity index is 1.68. The van der Waals surface area contributed by atoms with Gasteiger partial charge in [0.15, 0.2) is 0 Å². The summed E-state index contributed by atoms with van der Waals surface area (Å²) in [4.78, 5) is 16.7. The van der Waals surface area contributed by atoms with Gasteiger partial charge in [0, 0.05) is 30.2 Å². The molecule has 0 saturated carbocycles. The van der Waals surface area contributed by atoms with Gasteiger partial charge >= 0.3 is 0 Å². The fourth-order valence-electron chi connectivity index (χ4n) is 3.08. The van der Waals surface area contributed by atoms with Crippen LogP contribution < -0.4 is 10.6 Å². The zero-order valence-corrected chi connectivity index (χ0v) is 17.7. The lowest BCUT2D eigenvalue weighted by Gasteiger charge is -2.19.